The monoisotopic (exact) mass is 376 g/mol. The number of halogens is 1. The molecule has 0 heterocycles. The van der Waals surface area contributed by atoms with Crippen molar-refractivity contribution in [2.45, 2.75) is 56.8 Å². The van der Waals surface area contributed by atoms with Gasteiger partial charge in [-0.2, -0.15) is 0 Å². The maximum atomic E-state index is 12.2. The first kappa shape index (κ1) is 19.9. The average molecular weight is 377 g/mol. The van der Waals surface area contributed by atoms with Gasteiger partial charge in [-0.05, 0) is 42.7 Å². The largest absolute Gasteiger partial charge is 0.423 e. The number of thiol groups is 1. The Hall–Kier alpha value is -1.45. The fourth-order valence-electron chi connectivity index (χ4n) is 2.63. The lowest BCUT2D eigenvalue weighted by atomic mass is 10.0. The molecule has 0 fully saturated rings. The summed E-state index contributed by atoms with van der Waals surface area (Å²) in [6.07, 6.45) is 8.78. The van der Waals surface area contributed by atoms with Gasteiger partial charge in [0.1, 0.15) is 5.75 Å². The van der Waals surface area contributed by atoms with Gasteiger partial charge in [-0.1, -0.05) is 62.8 Å². The van der Waals surface area contributed by atoms with E-state index >= 15 is 0 Å². The highest BCUT2D eigenvalue weighted by Gasteiger charge is 2.09. The first-order chi connectivity index (χ1) is 12.1. The molecule has 2 nitrogen and oxygen atoms in total. The van der Waals surface area contributed by atoms with Crippen LogP contribution in [0, 0.1) is 0 Å². The van der Waals surface area contributed by atoms with Gasteiger partial charge in [-0.25, -0.2) is 4.79 Å². The molecule has 0 unspecified atom stereocenters. The molecule has 134 valence electrons. The molecule has 0 saturated heterocycles. The lowest BCUT2D eigenvalue weighted by Gasteiger charge is -2.07. The lowest BCUT2D eigenvalue weighted by Crippen LogP contribution is -2.08. The van der Waals surface area contributed by atoms with Crippen molar-refractivity contribution in [2.75, 3.05) is 0 Å². The Kier molecular flexibility index (Phi) is 8.36. The van der Waals surface area contributed by atoms with Crippen LogP contribution in [0.1, 0.15) is 61.4 Å². The molecule has 0 amide bonds. The minimum atomic E-state index is -0.380. The fraction of sp³-hybridized carbons (Fsp3) is 0.381. The number of esters is 1. The van der Waals surface area contributed by atoms with Crippen LogP contribution in [0.2, 0.25) is 5.02 Å². The lowest BCUT2D eigenvalue weighted by molar-refractivity contribution is 0.0734. The molecule has 2 aromatic rings. The van der Waals surface area contributed by atoms with Crippen LogP contribution < -0.4 is 4.74 Å². The van der Waals surface area contributed by atoms with Crippen LogP contribution >= 0.6 is 24.2 Å². The zero-order valence-electron chi connectivity index (χ0n) is 14.6. The van der Waals surface area contributed by atoms with Gasteiger partial charge in [0.25, 0.3) is 0 Å². The standard InChI is InChI=1S/C21H25ClO2S/c1-2-3-4-5-6-7-8-16-9-11-17(12-10-16)21(23)24-18-13-14-20(25)19(22)15-18/h9-15,25H,2-8H2,1H3. The summed E-state index contributed by atoms with van der Waals surface area (Å²) in [6, 6.07) is 12.6. The maximum absolute atomic E-state index is 12.2. The number of carbonyl (C=O) groups is 1. The van der Waals surface area contributed by atoms with Gasteiger partial charge in [0.05, 0.1) is 10.6 Å². The second kappa shape index (κ2) is 10.5. The van der Waals surface area contributed by atoms with E-state index in [9.17, 15) is 4.79 Å². The van der Waals surface area contributed by atoms with E-state index in [4.69, 9.17) is 16.3 Å². The highest BCUT2D eigenvalue weighted by molar-refractivity contribution is 7.80. The third-order valence-corrected chi connectivity index (χ3v) is 4.97. The minimum absolute atomic E-state index is 0.380. The van der Waals surface area contributed by atoms with Gasteiger partial charge >= 0.3 is 5.97 Å². The molecule has 2 aromatic carbocycles. The predicted octanol–water partition coefficient (Wildman–Crippen LogP) is 6.75. The van der Waals surface area contributed by atoms with E-state index in [0.29, 0.717) is 21.2 Å². The summed E-state index contributed by atoms with van der Waals surface area (Å²) < 4.78 is 5.35. The summed E-state index contributed by atoms with van der Waals surface area (Å²) in [5.41, 5.74) is 1.80. The smallest absolute Gasteiger partial charge is 0.343 e. The summed E-state index contributed by atoms with van der Waals surface area (Å²) in [5, 5.41) is 0.461. The number of rotatable bonds is 9. The number of carbonyl (C=O) groups excluding carboxylic acids is 1. The van der Waals surface area contributed by atoms with E-state index in [1.807, 2.05) is 24.3 Å². The number of ether oxygens (including phenoxy) is 1. The van der Waals surface area contributed by atoms with Gasteiger partial charge in [-0.15, -0.1) is 12.6 Å². The van der Waals surface area contributed by atoms with Gasteiger partial charge in [-0.3, -0.25) is 0 Å². The van der Waals surface area contributed by atoms with Gasteiger partial charge in [0, 0.05) is 11.0 Å². The normalized spacial score (nSPS) is 10.7. The summed E-state index contributed by atoms with van der Waals surface area (Å²) in [7, 11) is 0. The molecule has 0 aliphatic heterocycles. The van der Waals surface area contributed by atoms with Crippen LogP contribution in [0.25, 0.3) is 0 Å². The second-order valence-corrected chi connectivity index (χ2v) is 7.11. The number of benzene rings is 2. The highest BCUT2D eigenvalue weighted by Crippen LogP contribution is 2.25. The molecular weight excluding hydrogens is 352 g/mol. The summed E-state index contributed by atoms with van der Waals surface area (Å²) in [4.78, 5) is 12.9. The predicted molar refractivity (Wildman–Crippen MR) is 107 cm³/mol. The molecule has 0 aliphatic rings. The van der Waals surface area contributed by atoms with Crippen LogP contribution in [0.3, 0.4) is 0 Å². The minimum Gasteiger partial charge on any atom is -0.423 e. The van der Waals surface area contributed by atoms with Crippen LogP contribution in [-0.2, 0) is 6.42 Å². The number of aryl methyl sites for hydroxylation is 1. The van der Waals surface area contributed by atoms with Crippen LogP contribution in [-0.4, -0.2) is 5.97 Å². The molecule has 4 heteroatoms. The molecule has 0 aliphatic carbocycles. The Labute approximate surface area is 161 Å². The van der Waals surface area contributed by atoms with E-state index in [1.54, 1.807) is 18.2 Å². The first-order valence-corrected chi connectivity index (χ1v) is 9.72. The maximum Gasteiger partial charge on any atom is 0.343 e. The van der Waals surface area contributed by atoms with Crippen LogP contribution in [0.15, 0.2) is 47.4 Å². The van der Waals surface area contributed by atoms with Gasteiger partial charge in [0.15, 0.2) is 0 Å². The Morgan fingerprint density at radius 2 is 1.68 bits per heavy atom. The fourth-order valence-corrected chi connectivity index (χ4v) is 2.94. The van der Waals surface area contributed by atoms with Crippen molar-refractivity contribution in [3.63, 3.8) is 0 Å². The Morgan fingerprint density at radius 1 is 1.00 bits per heavy atom. The number of unbranched alkanes of at least 4 members (excludes halogenated alkanes) is 5. The van der Waals surface area contributed by atoms with E-state index in [2.05, 4.69) is 19.6 Å². The average Bonchev–Trinajstić information content (AvgIpc) is 2.61. The van der Waals surface area contributed by atoms with Gasteiger partial charge in [0.2, 0.25) is 0 Å². The second-order valence-electron chi connectivity index (χ2n) is 6.22. The molecule has 0 saturated carbocycles. The molecule has 25 heavy (non-hydrogen) atoms. The van der Waals surface area contributed by atoms with E-state index in [-0.39, 0.29) is 5.97 Å². The zero-order valence-corrected chi connectivity index (χ0v) is 16.3. The topological polar surface area (TPSA) is 26.3 Å². The van der Waals surface area contributed by atoms with Crippen LogP contribution in [0.4, 0.5) is 0 Å². The summed E-state index contributed by atoms with van der Waals surface area (Å²) in [6.45, 7) is 2.23. The molecule has 2 rings (SSSR count). The van der Waals surface area contributed by atoms with Crippen molar-refractivity contribution in [2.24, 2.45) is 0 Å². The SMILES string of the molecule is CCCCCCCCc1ccc(C(=O)Oc2ccc(S)c(Cl)c2)cc1. The van der Waals surface area contributed by atoms with Gasteiger partial charge < -0.3 is 4.74 Å². The quantitative estimate of drug-likeness (QED) is 0.226. The van der Waals surface area contributed by atoms with Crippen molar-refractivity contribution < 1.29 is 9.53 Å². The summed E-state index contributed by atoms with van der Waals surface area (Å²) >= 11 is 10.2. The van der Waals surface area contributed by atoms with Crippen molar-refractivity contribution in [3.8, 4) is 5.75 Å². The van der Waals surface area contributed by atoms with Crippen molar-refractivity contribution in [1.82, 2.24) is 0 Å². The molecule has 0 aromatic heterocycles. The Bertz CT molecular complexity index is 683. The molecule has 0 radical (unpaired) electrons. The number of hydrogen-bond donors (Lipinski definition) is 1. The van der Waals surface area contributed by atoms with E-state index in [0.717, 1.165) is 6.42 Å². The van der Waals surface area contributed by atoms with Crippen LogP contribution in [0.5, 0.6) is 5.75 Å². The van der Waals surface area contributed by atoms with Crippen molar-refractivity contribution in [1.29, 1.82) is 0 Å². The molecule has 0 atom stereocenters. The summed E-state index contributed by atoms with van der Waals surface area (Å²) in [5.74, 6) is 0.0399. The Balaban J connectivity index is 1.82. The Morgan fingerprint density at radius 3 is 2.36 bits per heavy atom. The third-order valence-electron chi connectivity index (χ3n) is 4.14. The highest BCUT2D eigenvalue weighted by atomic mass is 35.5. The molecule has 0 bridgehead atoms. The zero-order chi connectivity index (χ0) is 18.1. The first-order valence-electron chi connectivity index (χ1n) is 8.90. The third kappa shape index (κ3) is 6.75. The molecule has 0 spiro atoms. The van der Waals surface area contributed by atoms with Crippen molar-refractivity contribution >= 4 is 30.2 Å². The van der Waals surface area contributed by atoms with E-state index in [1.165, 1.54) is 44.1 Å². The number of hydrogen-bond acceptors (Lipinski definition) is 3. The molecule has 0 N–H and O–H groups in total. The van der Waals surface area contributed by atoms with E-state index < -0.39 is 0 Å². The van der Waals surface area contributed by atoms with Crippen molar-refractivity contribution in [3.05, 3.63) is 58.6 Å². The molecular formula is C21H25ClO2S.